The van der Waals surface area contributed by atoms with Gasteiger partial charge in [0.15, 0.2) is 0 Å². The molecule has 6 rings (SSSR count). The molecule has 2 saturated carbocycles. The molecule has 0 saturated heterocycles. The van der Waals surface area contributed by atoms with Crippen LogP contribution in [0.25, 0.3) is 0 Å². The Morgan fingerprint density at radius 1 is 0.414 bits per heavy atom. The number of para-hydroxylation sites is 4. The summed E-state index contributed by atoms with van der Waals surface area (Å²) in [4.78, 5) is 37.3. The molecule has 0 aromatic heterocycles. The van der Waals surface area contributed by atoms with Gasteiger partial charge in [-0.2, -0.15) is 0 Å². The normalized spacial score (nSPS) is 17.2. The molecule has 393 valence electrons. The number of ketones is 2. The van der Waals surface area contributed by atoms with E-state index in [0.29, 0.717) is 22.3 Å². The maximum atomic E-state index is 11.8. The summed E-state index contributed by atoms with van der Waals surface area (Å²) in [6.45, 7) is 6.11. The number of benzene rings is 4. The number of halogens is 2. The van der Waals surface area contributed by atoms with E-state index in [1.165, 1.54) is 27.7 Å². The number of carbonyl (C=O) groups excluding carboxylic acids is 2. The van der Waals surface area contributed by atoms with E-state index in [9.17, 15) is 30.0 Å². The summed E-state index contributed by atoms with van der Waals surface area (Å²) >= 11 is 0. The zero-order valence-electron chi connectivity index (χ0n) is 38.3. The van der Waals surface area contributed by atoms with Crippen molar-refractivity contribution in [1.29, 1.82) is 0 Å². The van der Waals surface area contributed by atoms with Crippen molar-refractivity contribution in [1.82, 2.24) is 0 Å². The molecule has 4 aromatic carbocycles. The zero-order valence-corrected chi connectivity index (χ0v) is 42.7. The molecule has 0 aliphatic heterocycles. The molecule has 2 aliphatic carbocycles. The van der Waals surface area contributed by atoms with Crippen molar-refractivity contribution in [2.45, 2.75) is 103 Å². The van der Waals surface area contributed by atoms with E-state index in [-0.39, 0.29) is 115 Å². The number of aliphatic imine (C=N–C) groups is 4. The first kappa shape index (κ1) is 72.4. The van der Waals surface area contributed by atoms with Gasteiger partial charge in [0.1, 0.15) is 11.6 Å². The molecule has 0 heterocycles. The predicted molar refractivity (Wildman–Crippen MR) is 224 cm³/mol. The van der Waals surface area contributed by atoms with E-state index in [0.717, 1.165) is 51.4 Å². The molecule has 19 nitrogen and oxygen atoms in total. The molecule has 4 atom stereocenters. The van der Waals surface area contributed by atoms with Crippen molar-refractivity contribution >= 4 is 36.4 Å². The van der Waals surface area contributed by atoms with Gasteiger partial charge in [-0.25, -0.2) is 37.3 Å². The summed E-state index contributed by atoms with van der Waals surface area (Å²) in [6.07, 6.45) is 15.0. The van der Waals surface area contributed by atoms with Crippen LogP contribution in [0.5, 0.6) is 23.0 Å². The standard InChI is InChI=1S/2C20H22N2O2.2C3H6O.2ClHO4.Co.2Cu.H2O/c2*23-19-11-5-1-7-15(19)13-21-17-9-3-4-10-18(17)22-14-16-8-2-6-12-20(16)24;2*1-3(2)4;2*2-1(3,4)5;;;;/h2*1-2,5-8,11-14,17-18,23-24H,3-4,9-10H2;2*1-2H3;2*(H,2,3,4,5);;;;1H2/q;;;;;;3*+2;/p-5/t2*17-,18-;;;;;;;;/m00......../s1. The van der Waals surface area contributed by atoms with Crippen LogP contribution in [0.2, 0.25) is 0 Å². The monoisotopic (exact) mass is 1160 g/mol. The number of nitrogens with zero attached hydrogens (tertiary/aromatic N) is 4. The number of hydrogen-bond donors (Lipinski definition) is 0. The average Bonchev–Trinajstić information content (AvgIpc) is 3.22. The summed E-state index contributed by atoms with van der Waals surface area (Å²) in [5.41, 5.74) is 2.43. The molecule has 24 heteroatoms. The van der Waals surface area contributed by atoms with Crippen molar-refractivity contribution in [3.8, 4) is 23.0 Å². The topological polar surface area (TPSA) is 393 Å². The first-order valence-corrected chi connectivity index (χ1v) is 22.8. The van der Waals surface area contributed by atoms with Crippen LogP contribution in [0.4, 0.5) is 0 Å². The van der Waals surface area contributed by atoms with Crippen LogP contribution < -0.4 is 57.7 Å². The van der Waals surface area contributed by atoms with E-state index < -0.39 is 20.5 Å². The Labute approximate surface area is 443 Å². The molecule has 2 aliphatic rings. The second-order valence-electron chi connectivity index (χ2n) is 14.7. The maximum absolute atomic E-state index is 11.8. The summed E-state index contributed by atoms with van der Waals surface area (Å²) in [7, 11) is -9.89. The van der Waals surface area contributed by atoms with Crippen LogP contribution >= 0.6 is 0 Å². The molecule has 0 spiro atoms. The Hall–Kier alpha value is -4.13. The minimum absolute atomic E-state index is 0. The fourth-order valence-corrected chi connectivity index (χ4v) is 5.93. The molecule has 4 aromatic rings. The van der Waals surface area contributed by atoms with E-state index >= 15 is 0 Å². The van der Waals surface area contributed by atoms with Crippen LogP contribution in [-0.4, -0.2) is 60.6 Å². The first-order chi connectivity index (χ1) is 30.9. The Morgan fingerprint density at radius 2 is 0.557 bits per heavy atom. The third-order valence-electron chi connectivity index (χ3n) is 8.68. The molecule has 3 radical (unpaired) electrons. The van der Waals surface area contributed by atoms with Crippen molar-refractivity contribution in [3.05, 3.63) is 119 Å². The van der Waals surface area contributed by atoms with E-state index in [2.05, 4.69) is 20.0 Å². The molecule has 0 unspecified atom stereocenters. The van der Waals surface area contributed by atoms with Crippen molar-refractivity contribution < 1.29 is 144 Å². The van der Waals surface area contributed by atoms with Crippen molar-refractivity contribution in [2.24, 2.45) is 20.0 Å². The third kappa shape index (κ3) is 37.7. The minimum atomic E-state index is -4.94. The smallest absolute Gasteiger partial charge is 0.872 e. The summed E-state index contributed by atoms with van der Waals surface area (Å²) in [5, 5.41) is 47.1. The molecule has 0 bridgehead atoms. The molecular weight excluding hydrogens is 1110 g/mol. The van der Waals surface area contributed by atoms with E-state index in [4.69, 9.17) is 37.3 Å². The SMILES string of the molecule is CC(C)=O.CC(C)=O.[Co+2].[Cu+2].[Cu+2].[O-][Cl+3]([O-])([O-])[O-].[O-][Cl+3]([O-])([O-])[O-].[O-]c1ccccc1C=N[C@H]1CCCC[C@@H]1N=Cc1ccccc1[O-].[O-]c1ccccc1C=N[C@H]1CCCC[C@@H]1N=Cc1ccccc1[O-].[OH3+]. The van der Waals surface area contributed by atoms with Crippen molar-refractivity contribution in [2.75, 3.05) is 0 Å². The Bertz CT molecular complexity index is 1880. The Morgan fingerprint density at radius 3 is 0.700 bits per heavy atom. The van der Waals surface area contributed by atoms with Crippen LogP contribution in [0, 0.1) is 20.5 Å². The van der Waals surface area contributed by atoms with Gasteiger partial charge in [-0.05, 0) is 75.6 Å². The summed E-state index contributed by atoms with van der Waals surface area (Å²) in [6, 6.07) is 27.8. The fourth-order valence-electron chi connectivity index (χ4n) is 5.93. The van der Waals surface area contributed by atoms with Gasteiger partial charge in [0.25, 0.3) is 0 Å². The van der Waals surface area contributed by atoms with Gasteiger partial charge < -0.3 is 35.5 Å². The summed E-state index contributed by atoms with van der Waals surface area (Å²) < 4.78 is 67.9. The number of rotatable bonds is 8. The van der Waals surface area contributed by atoms with Gasteiger partial charge in [-0.3, -0.25) is 20.0 Å². The van der Waals surface area contributed by atoms with Crippen LogP contribution in [-0.2, 0) is 66.0 Å². The second-order valence-corrected chi connectivity index (χ2v) is 16.2. The van der Waals surface area contributed by atoms with Crippen LogP contribution in [0.1, 0.15) is 101 Å². The Kier molecular flexibility index (Phi) is 40.8. The molecule has 0 amide bonds. The van der Waals surface area contributed by atoms with E-state index in [1.54, 1.807) is 97.7 Å². The number of carbonyl (C=O) groups is 2. The number of Topliss-reactive ketones (excluding diaryl/α,β-unsaturated/α-hetero) is 2. The largest absolute Gasteiger partial charge is 2.00 e. The number of hydrogen-bond acceptors (Lipinski definition) is 18. The predicted octanol–water partition coefficient (Wildman–Crippen LogP) is -3.88. The fraction of sp³-hybridized carbons (Fsp3) is 0.348. The van der Waals surface area contributed by atoms with Crippen LogP contribution in [0.3, 0.4) is 0 Å². The first-order valence-electron chi connectivity index (χ1n) is 20.3. The maximum Gasteiger partial charge on any atom is 2.00 e. The molecule has 3 N–H and O–H groups in total. The van der Waals surface area contributed by atoms with Crippen molar-refractivity contribution in [3.63, 3.8) is 0 Å². The van der Waals surface area contributed by atoms with Gasteiger partial charge in [0, 0.05) is 24.9 Å². The molecule has 70 heavy (non-hydrogen) atoms. The van der Waals surface area contributed by atoms with Gasteiger partial charge in [0.2, 0.25) is 0 Å². The third-order valence-corrected chi connectivity index (χ3v) is 8.68. The zero-order chi connectivity index (χ0) is 49.7. The average molecular weight is 1160 g/mol. The molecule has 2 fully saturated rings. The van der Waals surface area contributed by atoms with Crippen LogP contribution in [0.15, 0.2) is 117 Å². The quantitative estimate of drug-likeness (QED) is 0.0926. The minimum Gasteiger partial charge on any atom is -0.872 e. The van der Waals surface area contributed by atoms with Gasteiger partial charge >= 0.3 is 50.9 Å². The second kappa shape index (κ2) is 39.5. The van der Waals surface area contributed by atoms with E-state index in [1.807, 2.05) is 24.3 Å². The summed E-state index contributed by atoms with van der Waals surface area (Å²) in [5.74, 6) is 0.268. The van der Waals surface area contributed by atoms with Gasteiger partial charge in [-0.15, -0.1) is 43.5 Å². The Balaban J connectivity index is -0.000000444. The molecular formula is C46H55Cl2CoCu2N4O15+. The van der Waals surface area contributed by atoms with Gasteiger partial charge in [0.05, 0.1) is 24.2 Å². The van der Waals surface area contributed by atoms with Gasteiger partial charge in [-0.1, -0.05) is 123 Å².